The monoisotopic (exact) mass is 453 g/mol. The Labute approximate surface area is 196 Å². The molecule has 4 rings (SSSR count). The minimum absolute atomic E-state index is 0.412. The standard InChI is InChI=1S/C30H31P2/c1-5-25-19-21-27(22-20-25)32(26-15-8-7-9-16-26)31(6-2)29-18-12-14-24(4)30(29)28-17-11-10-13-23(28)3/h7-16,18-22H,5-6H2,1-4H3/t31?,32-/m1/s1. The predicted molar refractivity (Wildman–Crippen MR) is 146 cm³/mol. The SMILES string of the molecule is CCc1ccc([P@@](c2ccccc2)P(CC)c2cccc(C)c2-c2[c]cccc2C)cc1. The molecule has 0 spiro atoms. The largest absolute Gasteiger partial charge is 0.0622 e. The molecular weight excluding hydrogens is 422 g/mol. The third-order valence-electron chi connectivity index (χ3n) is 5.97. The lowest BCUT2D eigenvalue weighted by Gasteiger charge is -2.31. The summed E-state index contributed by atoms with van der Waals surface area (Å²) in [6, 6.07) is 37.4. The van der Waals surface area contributed by atoms with E-state index in [0.717, 1.165) is 12.6 Å². The fraction of sp³-hybridized carbons (Fsp3) is 0.200. The topological polar surface area (TPSA) is 0 Å². The summed E-state index contributed by atoms with van der Waals surface area (Å²) in [5.41, 5.74) is 6.70. The summed E-state index contributed by atoms with van der Waals surface area (Å²) in [7, 11) is -0.897. The zero-order valence-electron chi connectivity index (χ0n) is 19.5. The van der Waals surface area contributed by atoms with Gasteiger partial charge in [-0.25, -0.2) is 0 Å². The van der Waals surface area contributed by atoms with Crippen LogP contribution in [0.1, 0.15) is 30.5 Å². The van der Waals surface area contributed by atoms with Gasteiger partial charge in [0.25, 0.3) is 0 Å². The molecule has 0 saturated carbocycles. The summed E-state index contributed by atoms with van der Waals surface area (Å²) >= 11 is 0. The van der Waals surface area contributed by atoms with Gasteiger partial charge in [-0.2, -0.15) is 0 Å². The van der Waals surface area contributed by atoms with Gasteiger partial charge in [0.2, 0.25) is 0 Å². The Balaban J connectivity index is 1.92. The highest BCUT2D eigenvalue weighted by molar-refractivity contribution is 8.38. The summed E-state index contributed by atoms with van der Waals surface area (Å²) < 4.78 is 0. The Hall–Kier alpha value is -2.26. The fourth-order valence-electron chi connectivity index (χ4n) is 4.27. The molecule has 0 aliphatic rings. The van der Waals surface area contributed by atoms with Crippen molar-refractivity contribution in [3.63, 3.8) is 0 Å². The second-order valence-corrected chi connectivity index (χ2v) is 14.3. The van der Waals surface area contributed by atoms with Gasteiger partial charge in [-0.15, -0.1) is 0 Å². The number of rotatable bonds is 7. The van der Waals surface area contributed by atoms with Crippen LogP contribution in [-0.4, -0.2) is 6.16 Å². The smallest absolute Gasteiger partial charge is 0.00650 e. The summed E-state index contributed by atoms with van der Waals surface area (Å²) in [6.07, 6.45) is 2.24. The highest BCUT2D eigenvalue weighted by Gasteiger charge is 2.27. The average molecular weight is 454 g/mol. The molecule has 1 unspecified atom stereocenters. The molecule has 0 heterocycles. The van der Waals surface area contributed by atoms with Crippen LogP contribution in [0.5, 0.6) is 0 Å². The third kappa shape index (κ3) is 4.73. The number of benzene rings is 4. The second-order valence-electron chi connectivity index (χ2n) is 8.08. The van der Waals surface area contributed by atoms with Gasteiger partial charge < -0.3 is 0 Å². The van der Waals surface area contributed by atoms with Crippen LogP contribution < -0.4 is 15.9 Å². The van der Waals surface area contributed by atoms with Crippen molar-refractivity contribution < 1.29 is 0 Å². The molecule has 0 aromatic heterocycles. The summed E-state index contributed by atoms with van der Waals surface area (Å²) in [5, 5.41) is 4.47. The van der Waals surface area contributed by atoms with Gasteiger partial charge in [-0.3, -0.25) is 0 Å². The number of hydrogen-bond acceptors (Lipinski definition) is 0. The lowest BCUT2D eigenvalue weighted by Crippen LogP contribution is -2.17. The zero-order chi connectivity index (χ0) is 22.5. The Kier molecular flexibility index (Phi) is 7.57. The molecule has 0 saturated heterocycles. The number of aryl methyl sites for hydroxylation is 3. The van der Waals surface area contributed by atoms with Crippen LogP contribution in [0.2, 0.25) is 0 Å². The molecule has 0 bridgehead atoms. The molecule has 2 atom stereocenters. The Bertz CT molecular complexity index is 1160. The van der Waals surface area contributed by atoms with Crippen LogP contribution in [0, 0.1) is 19.9 Å². The van der Waals surface area contributed by atoms with Crippen molar-refractivity contribution in [2.45, 2.75) is 34.1 Å². The van der Waals surface area contributed by atoms with Crippen LogP contribution in [0.15, 0.2) is 91.0 Å². The van der Waals surface area contributed by atoms with Gasteiger partial charge in [0, 0.05) is 0 Å². The van der Waals surface area contributed by atoms with Gasteiger partial charge in [-0.1, -0.05) is 105 Å². The van der Waals surface area contributed by atoms with Gasteiger partial charge in [0.1, 0.15) is 0 Å². The highest BCUT2D eigenvalue weighted by atomic mass is 32.1. The second kappa shape index (κ2) is 10.6. The number of hydrogen-bond donors (Lipinski definition) is 0. The highest BCUT2D eigenvalue weighted by Crippen LogP contribution is 2.67. The van der Waals surface area contributed by atoms with E-state index in [2.05, 4.69) is 125 Å². The minimum Gasteiger partial charge on any atom is -0.0622 e. The van der Waals surface area contributed by atoms with Gasteiger partial charge in [-0.05, 0) is 91.4 Å². The third-order valence-corrected chi connectivity index (χ3v) is 13.9. The molecule has 2 heteroatoms. The molecule has 0 aliphatic carbocycles. The quantitative estimate of drug-likeness (QED) is 0.254. The van der Waals surface area contributed by atoms with E-state index in [0.29, 0.717) is 0 Å². The van der Waals surface area contributed by atoms with E-state index in [4.69, 9.17) is 0 Å². The first kappa shape index (κ1) is 22.9. The Morgan fingerprint density at radius 1 is 0.688 bits per heavy atom. The molecule has 0 fully saturated rings. The van der Waals surface area contributed by atoms with Crippen LogP contribution in [0.3, 0.4) is 0 Å². The molecule has 4 aromatic rings. The van der Waals surface area contributed by atoms with E-state index in [9.17, 15) is 0 Å². The molecule has 0 aliphatic heterocycles. The normalized spacial score (nSPS) is 13.0. The first-order chi connectivity index (χ1) is 15.6. The molecular formula is C30H31P2. The first-order valence-electron chi connectivity index (χ1n) is 11.4. The van der Waals surface area contributed by atoms with Crippen molar-refractivity contribution >= 4 is 31.1 Å². The average Bonchev–Trinajstić information content (AvgIpc) is 2.84. The van der Waals surface area contributed by atoms with Crippen molar-refractivity contribution in [2.24, 2.45) is 0 Å². The van der Waals surface area contributed by atoms with Gasteiger partial charge in [0.05, 0.1) is 0 Å². The Morgan fingerprint density at radius 2 is 1.38 bits per heavy atom. The van der Waals surface area contributed by atoms with Crippen LogP contribution in [-0.2, 0) is 6.42 Å². The van der Waals surface area contributed by atoms with E-state index in [-0.39, 0.29) is 0 Å². The van der Waals surface area contributed by atoms with E-state index >= 15 is 0 Å². The van der Waals surface area contributed by atoms with Gasteiger partial charge >= 0.3 is 0 Å². The summed E-state index contributed by atoms with van der Waals surface area (Å²) in [4.78, 5) is 0. The zero-order valence-corrected chi connectivity index (χ0v) is 21.3. The minimum atomic E-state index is -0.486. The molecule has 0 amide bonds. The molecule has 32 heavy (non-hydrogen) atoms. The van der Waals surface area contributed by atoms with E-state index < -0.39 is 15.2 Å². The van der Waals surface area contributed by atoms with Crippen molar-refractivity contribution in [1.29, 1.82) is 0 Å². The maximum atomic E-state index is 3.56. The van der Waals surface area contributed by atoms with Gasteiger partial charge in [0.15, 0.2) is 0 Å². The van der Waals surface area contributed by atoms with E-state index in [1.807, 2.05) is 0 Å². The predicted octanol–water partition coefficient (Wildman–Crippen LogP) is 7.51. The lowest BCUT2D eigenvalue weighted by molar-refractivity contribution is 1.14. The first-order valence-corrected chi connectivity index (χ1v) is 15.0. The maximum Gasteiger partial charge on any atom is -0.00650 e. The van der Waals surface area contributed by atoms with Crippen LogP contribution >= 0.6 is 15.2 Å². The fourth-order valence-corrected chi connectivity index (χ4v) is 12.1. The van der Waals surface area contributed by atoms with Crippen molar-refractivity contribution in [3.05, 3.63) is 114 Å². The summed E-state index contributed by atoms with van der Waals surface area (Å²) in [5.74, 6) is 0. The van der Waals surface area contributed by atoms with E-state index in [1.165, 1.54) is 43.7 Å². The van der Waals surface area contributed by atoms with Crippen LogP contribution in [0.25, 0.3) is 11.1 Å². The molecule has 4 aromatic carbocycles. The van der Waals surface area contributed by atoms with Crippen molar-refractivity contribution in [1.82, 2.24) is 0 Å². The van der Waals surface area contributed by atoms with Crippen molar-refractivity contribution in [2.75, 3.05) is 6.16 Å². The molecule has 1 radical (unpaired) electrons. The van der Waals surface area contributed by atoms with Crippen molar-refractivity contribution in [3.8, 4) is 11.1 Å². The lowest BCUT2D eigenvalue weighted by atomic mass is 9.97. The van der Waals surface area contributed by atoms with E-state index in [1.54, 1.807) is 0 Å². The molecule has 0 nitrogen and oxygen atoms in total. The molecule has 0 N–H and O–H groups in total. The molecule has 161 valence electrons. The Morgan fingerprint density at radius 3 is 2.03 bits per heavy atom. The summed E-state index contributed by atoms with van der Waals surface area (Å²) in [6.45, 7) is 9.06. The van der Waals surface area contributed by atoms with Crippen LogP contribution in [0.4, 0.5) is 0 Å². The maximum absolute atomic E-state index is 3.56.